The zero-order valence-electron chi connectivity index (χ0n) is 20.0. The van der Waals surface area contributed by atoms with E-state index in [1.54, 1.807) is 39.3 Å². The summed E-state index contributed by atoms with van der Waals surface area (Å²) in [4.78, 5) is 34.1. The number of hydrogen-bond donors (Lipinski definition) is 0. The molecule has 0 bridgehead atoms. The summed E-state index contributed by atoms with van der Waals surface area (Å²) in [6.07, 6.45) is 2.80. The Morgan fingerprint density at radius 1 is 1.00 bits per heavy atom. The minimum absolute atomic E-state index is 0.0472. The van der Waals surface area contributed by atoms with Crippen LogP contribution in [0.5, 0.6) is 17.4 Å². The molecule has 0 aliphatic carbocycles. The second-order valence-electron chi connectivity index (χ2n) is 8.38. The lowest BCUT2D eigenvalue weighted by molar-refractivity contribution is -0.130. The van der Waals surface area contributed by atoms with Crippen molar-refractivity contribution in [3.8, 4) is 17.4 Å². The van der Waals surface area contributed by atoms with Crippen molar-refractivity contribution in [2.24, 2.45) is 0 Å². The molecule has 2 atom stereocenters. The van der Waals surface area contributed by atoms with Crippen LogP contribution in [-0.4, -0.2) is 77.2 Å². The van der Waals surface area contributed by atoms with Gasteiger partial charge in [-0.05, 0) is 18.2 Å². The van der Waals surface area contributed by atoms with Gasteiger partial charge in [0, 0.05) is 32.0 Å². The standard InChI is InChI=1S/C25H26N6O4/c1-15(32)30(2)20-12-31(13-23(20)35-24-11-26-17-7-5-6-8-18(17)29-24)25-16-9-21(33-3)22(34-4)10-19(16)27-14-28-25/h5-11,14,20,23H,12-13H2,1-4H3. The molecular formula is C25H26N6O4. The van der Waals surface area contributed by atoms with Crippen molar-refractivity contribution in [3.63, 3.8) is 0 Å². The lowest BCUT2D eigenvalue weighted by Gasteiger charge is -2.27. The molecule has 2 aromatic heterocycles. The van der Waals surface area contributed by atoms with Crippen LogP contribution < -0.4 is 19.1 Å². The van der Waals surface area contributed by atoms with Crippen LogP contribution in [0.3, 0.4) is 0 Å². The maximum atomic E-state index is 12.3. The minimum atomic E-state index is -0.343. The molecule has 10 heteroatoms. The second-order valence-corrected chi connectivity index (χ2v) is 8.38. The molecule has 3 heterocycles. The molecule has 1 amide bonds. The predicted molar refractivity (Wildman–Crippen MR) is 131 cm³/mol. The molecule has 0 spiro atoms. The van der Waals surface area contributed by atoms with Gasteiger partial charge in [-0.2, -0.15) is 0 Å². The number of methoxy groups -OCH3 is 2. The summed E-state index contributed by atoms with van der Waals surface area (Å²) < 4.78 is 17.2. The summed E-state index contributed by atoms with van der Waals surface area (Å²) >= 11 is 0. The van der Waals surface area contributed by atoms with E-state index in [9.17, 15) is 4.79 Å². The molecule has 1 saturated heterocycles. The molecule has 2 aromatic carbocycles. The number of ether oxygens (including phenoxy) is 3. The number of hydrogen-bond acceptors (Lipinski definition) is 9. The number of benzene rings is 2. The number of aromatic nitrogens is 4. The number of likely N-dealkylation sites (N-methyl/N-ethyl adjacent to an activating group) is 1. The zero-order valence-corrected chi connectivity index (χ0v) is 20.0. The predicted octanol–water partition coefficient (Wildman–Crippen LogP) is 2.70. The van der Waals surface area contributed by atoms with Crippen molar-refractivity contribution in [3.05, 3.63) is 48.9 Å². The monoisotopic (exact) mass is 474 g/mol. The van der Waals surface area contributed by atoms with Gasteiger partial charge in [0.2, 0.25) is 11.8 Å². The largest absolute Gasteiger partial charge is 0.493 e. The van der Waals surface area contributed by atoms with Crippen LogP contribution in [0.2, 0.25) is 0 Å². The Labute approximate surface area is 202 Å². The van der Waals surface area contributed by atoms with Crippen molar-refractivity contribution in [2.75, 3.05) is 39.3 Å². The Morgan fingerprint density at radius 3 is 2.49 bits per heavy atom. The average molecular weight is 475 g/mol. The molecule has 4 aromatic rings. The van der Waals surface area contributed by atoms with Crippen molar-refractivity contribution >= 4 is 33.7 Å². The van der Waals surface area contributed by atoms with E-state index in [1.807, 2.05) is 36.4 Å². The van der Waals surface area contributed by atoms with E-state index in [1.165, 1.54) is 6.33 Å². The van der Waals surface area contributed by atoms with Crippen LogP contribution in [0.15, 0.2) is 48.9 Å². The maximum absolute atomic E-state index is 12.3. The Bertz CT molecular complexity index is 1400. The Hall–Kier alpha value is -4.21. The first-order valence-electron chi connectivity index (χ1n) is 11.2. The number of para-hydroxylation sites is 2. The van der Waals surface area contributed by atoms with Crippen LogP contribution in [0, 0.1) is 0 Å². The minimum Gasteiger partial charge on any atom is -0.493 e. The van der Waals surface area contributed by atoms with Crippen molar-refractivity contribution in [1.82, 2.24) is 24.8 Å². The van der Waals surface area contributed by atoms with E-state index in [-0.39, 0.29) is 18.1 Å². The lowest BCUT2D eigenvalue weighted by Crippen LogP contribution is -2.45. The van der Waals surface area contributed by atoms with Crippen LogP contribution in [0.1, 0.15) is 6.92 Å². The third-order valence-corrected chi connectivity index (χ3v) is 6.35. The quantitative estimate of drug-likeness (QED) is 0.417. The molecule has 5 rings (SSSR count). The second kappa shape index (κ2) is 9.21. The highest BCUT2D eigenvalue weighted by Crippen LogP contribution is 2.36. The van der Waals surface area contributed by atoms with E-state index in [4.69, 9.17) is 14.2 Å². The molecular weight excluding hydrogens is 448 g/mol. The number of amides is 1. The molecule has 0 N–H and O–H groups in total. The summed E-state index contributed by atoms with van der Waals surface area (Å²) in [5.41, 5.74) is 2.27. The van der Waals surface area contributed by atoms with E-state index in [0.717, 1.165) is 27.8 Å². The molecule has 1 aliphatic rings. The highest BCUT2D eigenvalue weighted by Gasteiger charge is 2.39. The normalized spacial score (nSPS) is 17.5. The van der Waals surface area contributed by atoms with E-state index in [2.05, 4.69) is 24.8 Å². The van der Waals surface area contributed by atoms with Gasteiger partial charge in [-0.15, -0.1) is 0 Å². The topological polar surface area (TPSA) is 103 Å². The number of anilines is 1. The number of nitrogens with zero attached hydrogens (tertiary/aromatic N) is 6. The zero-order chi connectivity index (χ0) is 24.5. The SMILES string of the molecule is COc1cc2ncnc(N3CC(Oc4cnc5ccccc5n4)C(N(C)C(C)=O)C3)c2cc1OC. The van der Waals surface area contributed by atoms with Crippen LogP contribution in [0.4, 0.5) is 5.82 Å². The average Bonchev–Trinajstić information content (AvgIpc) is 3.30. The summed E-state index contributed by atoms with van der Waals surface area (Å²) in [5.74, 6) is 2.28. The molecule has 35 heavy (non-hydrogen) atoms. The van der Waals surface area contributed by atoms with Gasteiger partial charge < -0.3 is 24.0 Å². The molecule has 0 radical (unpaired) electrons. The molecule has 0 saturated carbocycles. The van der Waals surface area contributed by atoms with Crippen molar-refractivity contribution < 1.29 is 19.0 Å². The van der Waals surface area contributed by atoms with Gasteiger partial charge in [0.05, 0.1) is 49.6 Å². The van der Waals surface area contributed by atoms with Gasteiger partial charge in [0.15, 0.2) is 11.5 Å². The number of fused-ring (bicyclic) bond motifs is 2. The van der Waals surface area contributed by atoms with Crippen molar-refractivity contribution in [2.45, 2.75) is 19.1 Å². The fraction of sp³-hybridized carbons (Fsp3) is 0.320. The first-order valence-corrected chi connectivity index (χ1v) is 11.2. The van der Waals surface area contributed by atoms with E-state index >= 15 is 0 Å². The smallest absolute Gasteiger partial charge is 0.233 e. The number of carbonyl (C=O) groups is 1. The molecule has 1 aliphatic heterocycles. The molecule has 10 nitrogen and oxygen atoms in total. The third-order valence-electron chi connectivity index (χ3n) is 6.35. The van der Waals surface area contributed by atoms with Gasteiger partial charge in [-0.25, -0.2) is 19.9 Å². The molecule has 1 fully saturated rings. The Kier molecular flexibility index (Phi) is 5.94. The lowest BCUT2D eigenvalue weighted by atomic mass is 10.2. The first-order chi connectivity index (χ1) is 17.0. The summed E-state index contributed by atoms with van der Waals surface area (Å²) in [5, 5.41) is 0.820. The Balaban J connectivity index is 1.50. The number of rotatable bonds is 6. The number of carbonyl (C=O) groups excluding carboxylic acids is 1. The summed E-state index contributed by atoms with van der Waals surface area (Å²) in [7, 11) is 4.96. The van der Waals surface area contributed by atoms with Crippen LogP contribution >= 0.6 is 0 Å². The molecule has 2 unspecified atom stereocenters. The first kappa shape index (κ1) is 22.6. The fourth-order valence-corrected chi connectivity index (χ4v) is 4.42. The van der Waals surface area contributed by atoms with Gasteiger partial charge in [0.25, 0.3) is 0 Å². The highest BCUT2D eigenvalue weighted by atomic mass is 16.5. The highest BCUT2D eigenvalue weighted by molar-refractivity contribution is 5.92. The van der Waals surface area contributed by atoms with Gasteiger partial charge in [-0.1, -0.05) is 12.1 Å². The van der Waals surface area contributed by atoms with Crippen LogP contribution in [0.25, 0.3) is 21.9 Å². The van der Waals surface area contributed by atoms with E-state index in [0.29, 0.717) is 30.5 Å². The summed E-state index contributed by atoms with van der Waals surface area (Å²) in [6.45, 7) is 2.58. The maximum Gasteiger partial charge on any atom is 0.233 e. The Morgan fingerprint density at radius 2 is 1.74 bits per heavy atom. The van der Waals surface area contributed by atoms with Gasteiger partial charge in [-0.3, -0.25) is 4.79 Å². The van der Waals surface area contributed by atoms with Crippen molar-refractivity contribution in [1.29, 1.82) is 0 Å². The van der Waals surface area contributed by atoms with Gasteiger partial charge >= 0.3 is 0 Å². The fourth-order valence-electron chi connectivity index (χ4n) is 4.42. The van der Waals surface area contributed by atoms with E-state index < -0.39 is 0 Å². The molecule has 180 valence electrons. The van der Waals surface area contributed by atoms with Crippen LogP contribution in [-0.2, 0) is 4.79 Å². The third kappa shape index (κ3) is 4.23. The summed E-state index contributed by atoms with van der Waals surface area (Å²) in [6, 6.07) is 11.1. The van der Waals surface area contributed by atoms with Gasteiger partial charge in [0.1, 0.15) is 18.2 Å².